The van der Waals surface area contributed by atoms with Crippen LogP contribution in [0, 0.1) is 0 Å². The van der Waals surface area contributed by atoms with E-state index in [4.69, 9.17) is 9.47 Å². The minimum absolute atomic E-state index is 0.230. The van der Waals surface area contributed by atoms with E-state index in [1.165, 1.54) is 0 Å². The monoisotopic (exact) mass is 268 g/mol. The van der Waals surface area contributed by atoms with Gasteiger partial charge in [-0.15, -0.1) is 0 Å². The zero-order valence-corrected chi connectivity index (χ0v) is 13.0. The maximum absolute atomic E-state index is 12.0. The van der Waals surface area contributed by atoms with Crippen LogP contribution in [0.15, 0.2) is 22.8 Å². The molecule has 110 valence electrons. The van der Waals surface area contributed by atoms with E-state index in [1.807, 2.05) is 26.8 Å². The number of unbranched alkanes of at least 4 members (excludes halogenated alkanes) is 1. The van der Waals surface area contributed by atoms with Crippen molar-refractivity contribution in [3.63, 3.8) is 0 Å². The van der Waals surface area contributed by atoms with Gasteiger partial charge in [0.1, 0.15) is 0 Å². The SMILES string of the molecule is CCCC/C(=C/C(C(=O)OCC)=C(\C)CC)COC. The lowest BCUT2D eigenvalue weighted by Gasteiger charge is -2.10. The molecule has 0 heterocycles. The first-order valence-electron chi connectivity index (χ1n) is 7.15. The lowest BCUT2D eigenvalue weighted by atomic mass is 10.0. The fraction of sp³-hybridized carbons (Fsp3) is 0.688. The highest BCUT2D eigenvalue weighted by atomic mass is 16.5. The van der Waals surface area contributed by atoms with Crippen LogP contribution in [-0.4, -0.2) is 26.3 Å². The van der Waals surface area contributed by atoms with Crippen molar-refractivity contribution >= 4 is 5.97 Å². The third-order valence-electron chi connectivity index (χ3n) is 3.02. The molecule has 0 aliphatic heterocycles. The highest BCUT2D eigenvalue weighted by Gasteiger charge is 2.12. The summed E-state index contributed by atoms with van der Waals surface area (Å²) in [5.74, 6) is -0.230. The van der Waals surface area contributed by atoms with E-state index in [0.29, 0.717) is 18.8 Å². The van der Waals surface area contributed by atoms with Crippen LogP contribution in [0.1, 0.15) is 53.4 Å². The van der Waals surface area contributed by atoms with E-state index in [0.717, 1.165) is 36.8 Å². The fourth-order valence-electron chi connectivity index (χ4n) is 1.74. The Kier molecular flexibility index (Phi) is 10.2. The Bertz CT molecular complexity index is 327. The number of carbonyl (C=O) groups excluding carboxylic acids is 1. The highest BCUT2D eigenvalue weighted by Crippen LogP contribution is 2.17. The number of ether oxygens (including phenoxy) is 2. The summed E-state index contributed by atoms with van der Waals surface area (Å²) in [6.07, 6.45) is 6.00. The third-order valence-corrected chi connectivity index (χ3v) is 3.02. The number of rotatable bonds is 9. The fourth-order valence-corrected chi connectivity index (χ4v) is 1.74. The molecule has 0 amide bonds. The van der Waals surface area contributed by atoms with Crippen molar-refractivity contribution in [2.45, 2.75) is 53.4 Å². The van der Waals surface area contributed by atoms with E-state index in [1.54, 1.807) is 7.11 Å². The van der Waals surface area contributed by atoms with Gasteiger partial charge in [-0.1, -0.05) is 25.8 Å². The lowest BCUT2D eigenvalue weighted by molar-refractivity contribution is -0.138. The Morgan fingerprint density at radius 1 is 1.21 bits per heavy atom. The molecule has 0 aromatic carbocycles. The summed E-state index contributed by atoms with van der Waals surface area (Å²) in [5, 5.41) is 0. The predicted octanol–water partition coefficient (Wildman–Crippen LogP) is 4.04. The van der Waals surface area contributed by atoms with Gasteiger partial charge >= 0.3 is 5.97 Å². The smallest absolute Gasteiger partial charge is 0.338 e. The number of esters is 1. The Labute approximate surface area is 117 Å². The molecular weight excluding hydrogens is 240 g/mol. The average Bonchev–Trinajstić information content (AvgIpc) is 2.41. The minimum Gasteiger partial charge on any atom is -0.462 e. The maximum atomic E-state index is 12.0. The topological polar surface area (TPSA) is 35.5 Å². The summed E-state index contributed by atoms with van der Waals surface area (Å²) in [6.45, 7) is 8.98. The van der Waals surface area contributed by atoms with Crippen LogP contribution in [-0.2, 0) is 14.3 Å². The van der Waals surface area contributed by atoms with Crippen molar-refractivity contribution in [3.05, 3.63) is 22.8 Å². The molecule has 0 unspecified atom stereocenters. The van der Waals surface area contributed by atoms with Crippen LogP contribution in [0.2, 0.25) is 0 Å². The molecule has 0 aliphatic carbocycles. The Balaban J connectivity index is 5.16. The summed E-state index contributed by atoms with van der Waals surface area (Å²) < 4.78 is 10.3. The molecule has 3 nitrogen and oxygen atoms in total. The second-order valence-corrected chi connectivity index (χ2v) is 4.61. The van der Waals surface area contributed by atoms with Crippen molar-refractivity contribution < 1.29 is 14.3 Å². The Morgan fingerprint density at radius 2 is 1.89 bits per heavy atom. The predicted molar refractivity (Wildman–Crippen MR) is 79.1 cm³/mol. The van der Waals surface area contributed by atoms with Crippen LogP contribution in [0.3, 0.4) is 0 Å². The second-order valence-electron chi connectivity index (χ2n) is 4.61. The van der Waals surface area contributed by atoms with Crippen LogP contribution in [0.5, 0.6) is 0 Å². The molecule has 3 heteroatoms. The Hall–Kier alpha value is -1.09. The minimum atomic E-state index is -0.230. The molecule has 0 aromatic heterocycles. The second kappa shape index (κ2) is 10.8. The van der Waals surface area contributed by atoms with Gasteiger partial charge < -0.3 is 9.47 Å². The van der Waals surface area contributed by atoms with Gasteiger partial charge in [-0.05, 0) is 44.8 Å². The summed E-state index contributed by atoms with van der Waals surface area (Å²) >= 11 is 0. The molecular formula is C16H28O3. The van der Waals surface area contributed by atoms with Gasteiger partial charge in [0.25, 0.3) is 0 Å². The van der Waals surface area contributed by atoms with Gasteiger partial charge in [0.15, 0.2) is 0 Å². The van der Waals surface area contributed by atoms with Crippen LogP contribution in [0.4, 0.5) is 0 Å². The van der Waals surface area contributed by atoms with Crippen molar-refractivity contribution in [3.8, 4) is 0 Å². The largest absolute Gasteiger partial charge is 0.462 e. The van der Waals surface area contributed by atoms with Gasteiger partial charge in [0.2, 0.25) is 0 Å². The molecule has 0 bridgehead atoms. The van der Waals surface area contributed by atoms with Crippen molar-refractivity contribution in [1.29, 1.82) is 0 Å². The zero-order chi connectivity index (χ0) is 14.7. The first-order valence-corrected chi connectivity index (χ1v) is 7.15. The standard InChI is InChI=1S/C16H28O3/c1-6-9-10-14(12-18-5)11-15(13(4)7-2)16(17)19-8-3/h11H,6-10,12H2,1-5H3/b14-11-,15-13-. The lowest BCUT2D eigenvalue weighted by Crippen LogP contribution is -2.09. The number of hydrogen-bond donors (Lipinski definition) is 0. The number of methoxy groups -OCH3 is 1. The molecule has 19 heavy (non-hydrogen) atoms. The van der Waals surface area contributed by atoms with Gasteiger partial charge in [0, 0.05) is 7.11 Å². The number of allylic oxidation sites excluding steroid dienone is 1. The molecule has 0 rings (SSSR count). The maximum Gasteiger partial charge on any atom is 0.338 e. The quantitative estimate of drug-likeness (QED) is 0.360. The third kappa shape index (κ3) is 7.16. The van der Waals surface area contributed by atoms with E-state index < -0.39 is 0 Å². The van der Waals surface area contributed by atoms with Crippen molar-refractivity contribution in [2.75, 3.05) is 20.3 Å². The van der Waals surface area contributed by atoms with Gasteiger partial charge in [0.05, 0.1) is 18.8 Å². The number of carbonyl (C=O) groups is 1. The summed E-state index contributed by atoms with van der Waals surface area (Å²) in [6, 6.07) is 0. The summed E-state index contributed by atoms with van der Waals surface area (Å²) in [7, 11) is 1.68. The molecule has 0 N–H and O–H groups in total. The summed E-state index contributed by atoms with van der Waals surface area (Å²) in [5.41, 5.74) is 2.90. The first kappa shape index (κ1) is 17.9. The van der Waals surface area contributed by atoms with E-state index in [9.17, 15) is 4.79 Å². The van der Waals surface area contributed by atoms with Crippen molar-refractivity contribution in [1.82, 2.24) is 0 Å². The first-order chi connectivity index (χ1) is 9.10. The van der Waals surface area contributed by atoms with Crippen LogP contribution >= 0.6 is 0 Å². The molecule has 0 radical (unpaired) electrons. The molecule has 0 spiro atoms. The zero-order valence-electron chi connectivity index (χ0n) is 13.0. The summed E-state index contributed by atoms with van der Waals surface area (Å²) in [4.78, 5) is 12.0. The molecule has 0 atom stereocenters. The molecule has 0 fully saturated rings. The van der Waals surface area contributed by atoms with E-state index in [-0.39, 0.29) is 5.97 Å². The highest BCUT2D eigenvalue weighted by molar-refractivity contribution is 5.92. The molecule has 0 aromatic rings. The molecule has 0 saturated heterocycles. The molecule has 0 saturated carbocycles. The van der Waals surface area contributed by atoms with Crippen molar-refractivity contribution in [2.24, 2.45) is 0 Å². The van der Waals surface area contributed by atoms with E-state index in [2.05, 4.69) is 6.92 Å². The van der Waals surface area contributed by atoms with Gasteiger partial charge in [-0.2, -0.15) is 0 Å². The molecule has 0 aliphatic rings. The van der Waals surface area contributed by atoms with Crippen LogP contribution in [0.25, 0.3) is 0 Å². The van der Waals surface area contributed by atoms with E-state index >= 15 is 0 Å². The van der Waals surface area contributed by atoms with Gasteiger partial charge in [-0.25, -0.2) is 4.79 Å². The normalized spacial score (nSPS) is 13.2. The number of hydrogen-bond acceptors (Lipinski definition) is 3. The average molecular weight is 268 g/mol. The van der Waals surface area contributed by atoms with Gasteiger partial charge in [-0.3, -0.25) is 0 Å². The Morgan fingerprint density at radius 3 is 2.37 bits per heavy atom. The van der Waals surface area contributed by atoms with Crippen LogP contribution < -0.4 is 0 Å².